The van der Waals surface area contributed by atoms with Crippen LogP contribution in [-0.4, -0.2) is 71.8 Å². The lowest BCUT2D eigenvalue weighted by Crippen LogP contribution is -2.67. The Morgan fingerprint density at radius 1 is 1.00 bits per heavy atom. The molecule has 0 amide bonds. The molecule has 0 aromatic rings. The minimum absolute atomic E-state index is 0. The first-order valence-electron chi connectivity index (χ1n) is 13.1. The number of rotatable bonds is 2. The Balaban J connectivity index is 0.00000160. The molecule has 1 aliphatic heterocycles. The maximum absolute atomic E-state index is 13.1. The number of ketones is 1. The van der Waals surface area contributed by atoms with Gasteiger partial charge in [0.05, 0.1) is 22.7 Å². The van der Waals surface area contributed by atoms with Gasteiger partial charge in [0.25, 0.3) is 0 Å². The van der Waals surface area contributed by atoms with E-state index in [1.807, 2.05) is 13.0 Å². The summed E-state index contributed by atoms with van der Waals surface area (Å²) in [6, 6.07) is 0. The first kappa shape index (κ1) is 32.0. The molecule has 1 saturated heterocycles. The number of aliphatic hydroxyl groups excluding tert-OH is 1. The molecule has 9 heteroatoms. The molecule has 2 saturated carbocycles. The zero-order valence-electron chi connectivity index (χ0n) is 22.8. The fraction of sp³-hybridized carbons (Fsp3) is 0.821. The van der Waals surface area contributed by atoms with Crippen molar-refractivity contribution in [2.24, 2.45) is 34.5 Å². The van der Waals surface area contributed by atoms with Crippen LogP contribution < -0.4 is 0 Å². The van der Waals surface area contributed by atoms with Crippen LogP contribution in [0, 0.1) is 34.5 Å². The lowest BCUT2D eigenvalue weighted by Gasteiger charge is -2.59. The van der Waals surface area contributed by atoms with Crippen molar-refractivity contribution in [3.63, 3.8) is 0 Å². The molecule has 214 valence electrons. The lowest BCUT2D eigenvalue weighted by atomic mass is 9.46. The third-order valence-corrected chi connectivity index (χ3v) is 11.6. The summed E-state index contributed by atoms with van der Waals surface area (Å²) in [5, 5.41) is 44.3. The van der Waals surface area contributed by atoms with Crippen molar-refractivity contribution in [1.82, 2.24) is 0 Å². The fourth-order valence-electron chi connectivity index (χ4n) is 8.78. The second-order valence-electron chi connectivity index (χ2n) is 12.9. The molecule has 9 nitrogen and oxygen atoms in total. The molecule has 0 aromatic heterocycles. The zero-order valence-corrected chi connectivity index (χ0v) is 22.8. The molecule has 10 N–H and O–H groups in total. The topological polar surface area (TPSA) is 202 Å². The van der Waals surface area contributed by atoms with Crippen LogP contribution in [0.2, 0.25) is 0 Å². The molecule has 11 atom stereocenters. The molecule has 3 fully saturated rings. The van der Waals surface area contributed by atoms with Crippen molar-refractivity contribution in [1.29, 1.82) is 0 Å². The molecular formula is C28H48O9. The van der Waals surface area contributed by atoms with E-state index in [0.29, 0.717) is 24.2 Å². The molecule has 5 aliphatic rings. The molecule has 0 radical (unpaired) electrons. The average Bonchev–Trinajstić information content (AvgIpc) is 3.04. The van der Waals surface area contributed by atoms with Crippen molar-refractivity contribution in [2.45, 2.75) is 109 Å². The molecule has 0 aromatic carbocycles. The van der Waals surface area contributed by atoms with E-state index in [0.717, 1.165) is 32.1 Å². The Labute approximate surface area is 219 Å². The highest BCUT2D eigenvalue weighted by atomic mass is 16.6. The molecule has 0 bridgehead atoms. The van der Waals surface area contributed by atoms with Gasteiger partial charge in [0.2, 0.25) is 0 Å². The summed E-state index contributed by atoms with van der Waals surface area (Å²) >= 11 is 0. The highest BCUT2D eigenvalue weighted by Crippen LogP contribution is 2.68. The number of aliphatic hydroxyl groups is 4. The van der Waals surface area contributed by atoms with Crippen LogP contribution in [0.25, 0.3) is 0 Å². The molecule has 37 heavy (non-hydrogen) atoms. The van der Waals surface area contributed by atoms with Crippen LogP contribution in [0.5, 0.6) is 0 Å². The standard InChI is InChI=1S/C28H42O6.3H2O/c1-16(21-15-25(3,31)27(5,32)23(30)34-21)28(33)14-12-19-18-10-9-17-7-6-8-22(29)26(17,4)20(18)11-13-24(19,28)2;;;/h6,8-9,16,18-21,23,30-33H,7,10-15H2,1-5H3;3*1H2/t16-,18+,19+,20+,21-,23+,24+,25-,26+,27-,28+;;;/m1.../s1. The minimum Gasteiger partial charge on any atom is -0.412 e. The van der Waals surface area contributed by atoms with Gasteiger partial charge in [0, 0.05) is 12.3 Å². The van der Waals surface area contributed by atoms with Gasteiger partial charge in [-0.1, -0.05) is 31.6 Å². The summed E-state index contributed by atoms with van der Waals surface area (Å²) in [4.78, 5) is 13.1. The average molecular weight is 529 g/mol. The molecule has 4 aliphatic carbocycles. The van der Waals surface area contributed by atoms with Gasteiger partial charge in [0.1, 0.15) is 5.60 Å². The van der Waals surface area contributed by atoms with Gasteiger partial charge in [-0.05, 0) is 88.5 Å². The van der Waals surface area contributed by atoms with Crippen LogP contribution >= 0.6 is 0 Å². The maximum Gasteiger partial charge on any atom is 0.186 e. The Hall–Kier alpha value is -1.17. The van der Waals surface area contributed by atoms with E-state index in [1.54, 1.807) is 6.08 Å². The molecule has 0 unspecified atom stereocenters. The predicted molar refractivity (Wildman–Crippen MR) is 138 cm³/mol. The summed E-state index contributed by atoms with van der Waals surface area (Å²) in [6.45, 7) is 9.21. The van der Waals surface area contributed by atoms with Crippen molar-refractivity contribution >= 4 is 5.78 Å². The largest absolute Gasteiger partial charge is 0.412 e. The molecule has 5 rings (SSSR count). The number of fused-ring (bicyclic) bond motifs is 5. The third-order valence-electron chi connectivity index (χ3n) is 11.6. The Bertz CT molecular complexity index is 942. The van der Waals surface area contributed by atoms with Gasteiger partial charge in [-0.25, -0.2) is 0 Å². The smallest absolute Gasteiger partial charge is 0.186 e. The Morgan fingerprint density at radius 2 is 1.62 bits per heavy atom. The van der Waals surface area contributed by atoms with E-state index >= 15 is 0 Å². The van der Waals surface area contributed by atoms with Crippen LogP contribution in [0.15, 0.2) is 23.8 Å². The number of carbonyl (C=O) groups is 1. The number of ether oxygens (including phenoxy) is 1. The highest BCUT2D eigenvalue weighted by molar-refractivity contribution is 5.98. The van der Waals surface area contributed by atoms with E-state index < -0.39 is 34.6 Å². The number of hydrogen-bond acceptors (Lipinski definition) is 6. The maximum atomic E-state index is 13.1. The number of carbonyl (C=O) groups excluding carboxylic acids is 1. The molecule has 0 spiro atoms. The number of allylic oxidation sites excluding steroid dienone is 4. The van der Waals surface area contributed by atoms with Gasteiger partial charge in [-0.15, -0.1) is 0 Å². The monoisotopic (exact) mass is 528 g/mol. The van der Waals surface area contributed by atoms with Gasteiger partial charge in [0.15, 0.2) is 12.1 Å². The SMILES string of the molecule is C[C@H]([C@H]1C[C@@](C)(O)[C@](C)(O)[C@@H](O)O1)[C@@]1(O)CC[C@H]2[C@@H]3CC=C4CC=CC(=O)[C@]4(C)[C@H]3CC[C@@]21C.O.O.O. The van der Waals surface area contributed by atoms with E-state index in [4.69, 9.17) is 4.74 Å². The predicted octanol–water partition coefficient (Wildman–Crippen LogP) is 0.797. The van der Waals surface area contributed by atoms with Gasteiger partial charge in [-0.2, -0.15) is 0 Å². The second kappa shape index (κ2) is 9.78. The van der Waals surface area contributed by atoms with Gasteiger partial charge >= 0.3 is 0 Å². The molecule has 1 heterocycles. The second-order valence-corrected chi connectivity index (χ2v) is 12.9. The van der Waals surface area contributed by atoms with E-state index in [2.05, 4.69) is 19.9 Å². The van der Waals surface area contributed by atoms with E-state index in [-0.39, 0.29) is 40.0 Å². The van der Waals surface area contributed by atoms with E-state index in [1.165, 1.54) is 19.4 Å². The lowest BCUT2D eigenvalue weighted by molar-refractivity contribution is -0.334. The van der Waals surface area contributed by atoms with Crippen LogP contribution in [-0.2, 0) is 9.53 Å². The van der Waals surface area contributed by atoms with Gasteiger partial charge < -0.3 is 41.6 Å². The van der Waals surface area contributed by atoms with Crippen LogP contribution in [0.4, 0.5) is 0 Å². The summed E-state index contributed by atoms with van der Waals surface area (Å²) in [5.74, 6) is 0.837. The Kier molecular flexibility index (Phi) is 8.47. The quantitative estimate of drug-likeness (QED) is 0.381. The van der Waals surface area contributed by atoms with Crippen molar-refractivity contribution in [3.8, 4) is 0 Å². The van der Waals surface area contributed by atoms with Crippen molar-refractivity contribution < 1.29 is 46.4 Å². The summed E-state index contributed by atoms with van der Waals surface area (Å²) in [5.41, 5.74) is -3.84. The summed E-state index contributed by atoms with van der Waals surface area (Å²) in [7, 11) is 0. The van der Waals surface area contributed by atoms with Crippen LogP contribution in [0.1, 0.15) is 79.6 Å². The van der Waals surface area contributed by atoms with E-state index in [9.17, 15) is 25.2 Å². The highest BCUT2D eigenvalue weighted by Gasteiger charge is 2.67. The summed E-state index contributed by atoms with van der Waals surface area (Å²) < 4.78 is 5.83. The number of hydrogen-bond donors (Lipinski definition) is 4. The first-order chi connectivity index (χ1) is 15.7. The molecular weight excluding hydrogens is 480 g/mol. The normalized spacial score (nSPS) is 51.2. The van der Waals surface area contributed by atoms with Crippen molar-refractivity contribution in [2.75, 3.05) is 0 Å². The first-order valence-corrected chi connectivity index (χ1v) is 13.1. The Morgan fingerprint density at radius 3 is 2.24 bits per heavy atom. The minimum atomic E-state index is -1.78. The fourth-order valence-corrected chi connectivity index (χ4v) is 8.78. The van der Waals surface area contributed by atoms with Crippen molar-refractivity contribution in [3.05, 3.63) is 23.8 Å². The zero-order chi connectivity index (χ0) is 24.9. The third kappa shape index (κ3) is 4.00. The van der Waals surface area contributed by atoms with Gasteiger partial charge in [-0.3, -0.25) is 4.79 Å². The van der Waals surface area contributed by atoms with Crippen LogP contribution in [0.3, 0.4) is 0 Å². The summed E-state index contributed by atoms with van der Waals surface area (Å²) in [6.07, 6.45) is 9.18.